The molecule has 0 aliphatic heterocycles. The Morgan fingerprint density at radius 1 is 0.556 bits per heavy atom. The molecule has 0 aromatic heterocycles. The van der Waals surface area contributed by atoms with Crippen LogP contribution >= 0.6 is 0 Å². The summed E-state index contributed by atoms with van der Waals surface area (Å²) in [6.07, 6.45) is 0.204. The lowest BCUT2D eigenvalue weighted by molar-refractivity contribution is 0.239. The van der Waals surface area contributed by atoms with E-state index in [1.165, 1.54) is 0 Å². The Labute approximate surface area is 162 Å². The van der Waals surface area contributed by atoms with E-state index in [9.17, 15) is 0 Å². The average Bonchev–Trinajstić information content (AvgIpc) is 2.65. The lowest BCUT2D eigenvalue weighted by Crippen LogP contribution is -2.14. The van der Waals surface area contributed by atoms with Crippen molar-refractivity contribution in [3.63, 3.8) is 0 Å². The predicted octanol–water partition coefficient (Wildman–Crippen LogP) is 6.28. The van der Waals surface area contributed by atoms with Crippen LogP contribution in [0.2, 0.25) is 0 Å². The Balaban J connectivity index is 2.19. The van der Waals surface area contributed by atoms with Crippen molar-refractivity contribution in [2.75, 3.05) is 0 Å². The maximum atomic E-state index is 6.13. The van der Waals surface area contributed by atoms with E-state index >= 15 is 0 Å². The van der Waals surface area contributed by atoms with Gasteiger partial charge in [-0.3, -0.25) is 0 Å². The first-order valence-electron chi connectivity index (χ1n) is 9.50. The third kappa shape index (κ3) is 4.71. The molecule has 0 heterocycles. The van der Waals surface area contributed by atoms with Gasteiger partial charge in [-0.1, -0.05) is 66.7 Å². The summed E-state index contributed by atoms with van der Waals surface area (Å²) >= 11 is 0. The summed E-state index contributed by atoms with van der Waals surface area (Å²) in [4.78, 5) is 0. The highest BCUT2D eigenvalue weighted by Crippen LogP contribution is 2.40. The Morgan fingerprint density at radius 2 is 0.963 bits per heavy atom. The summed E-state index contributed by atoms with van der Waals surface area (Å²) in [5.41, 5.74) is 3.27. The molecular formula is C25H27O2. The van der Waals surface area contributed by atoms with Gasteiger partial charge in [0, 0.05) is 11.1 Å². The lowest BCUT2D eigenvalue weighted by atomic mass is 9.84. The SMILES string of the molecule is CC(C)Oc1ccccc1[C](c1ccccc1)c1ccccc1OC(C)C. The molecule has 0 unspecified atom stereocenters. The highest BCUT2D eigenvalue weighted by molar-refractivity contribution is 5.64. The minimum Gasteiger partial charge on any atom is -0.491 e. The second kappa shape index (κ2) is 8.77. The van der Waals surface area contributed by atoms with Crippen LogP contribution in [0.25, 0.3) is 0 Å². The molecule has 1 radical (unpaired) electrons. The molecule has 0 bridgehead atoms. The van der Waals surface area contributed by atoms with Crippen molar-refractivity contribution in [3.8, 4) is 11.5 Å². The molecule has 2 nitrogen and oxygen atoms in total. The molecule has 0 amide bonds. The number of benzene rings is 3. The number of hydrogen-bond acceptors (Lipinski definition) is 2. The van der Waals surface area contributed by atoms with Crippen molar-refractivity contribution in [1.29, 1.82) is 0 Å². The van der Waals surface area contributed by atoms with Gasteiger partial charge in [-0.25, -0.2) is 0 Å². The number of rotatable bonds is 7. The van der Waals surface area contributed by atoms with Crippen molar-refractivity contribution in [2.24, 2.45) is 0 Å². The fourth-order valence-corrected chi connectivity index (χ4v) is 3.12. The second-order valence-corrected chi connectivity index (χ2v) is 7.07. The standard InChI is InChI=1S/C25H27O2/c1-18(2)26-23-16-10-8-14-21(23)25(20-12-6-5-7-13-20)22-15-9-11-17-24(22)27-19(3)4/h5-19H,1-4H3. The van der Waals surface area contributed by atoms with Crippen molar-refractivity contribution in [3.05, 3.63) is 101 Å². The fraction of sp³-hybridized carbons (Fsp3) is 0.240. The van der Waals surface area contributed by atoms with E-state index < -0.39 is 0 Å². The predicted molar refractivity (Wildman–Crippen MR) is 111 cm³/mol. The van der Waals surface area contributed by atoms with Crippen LogP contribution in [0.4, 0.5) is 0 Å². The quantitative estimate of drug-likeness (QED) is 0.462. The zero-order valence-electron chi connectivity index (χ0n) is 16.5. The Hall–Kier alpha value is -2.74. The highest BCUT2D eigenvalue weighted by Gasteiger charge is 2.25. The normalized spacial score (nSPS) is 11.2. The van der Waals surface area contributed by atoms with Gasteiger partial charge in [-0.2, -0.15) is 0 Å². The average molecular weight is 359 g/mol. The van der Waals surface area contributed by atoms with Crippen LogP contribution in [-0.4, -0.2) is 12.2 Å². The van der Waals surface area contributed by atoms with Crippen molar-refractivity contribution in [2.45, 2.75) is 39.9 Å². The first-order valence-corrected chi connectivity index (χ1v) is 9.50. The van der Waals surface area contributed by atoms with Crippen LogP contribution in [0.1, 0.15) is 44.4 Å². The van der Waals surface area contributed by atoms with Gasteiger partial charge in [-0.05, 0) is 45.4 Å². The highest BCUT2D eigenvalue weighted by atomic mass is 16.5. The van der Waals surface area contributed by atoms with Crippen LogP contribution in [0.5, 0.6) is 11.5 Å². The first kappa shape index (κ1) is 19.0. The molecule has 0 saturated heterocycles. The molecule has 0 aliphatic rings. The van der Waals surface area contributed by atoms with Gasteiger partial charge < -0.3 is 9.47 Å². The summed E-state index contributed by atoms with van der Waals surface area (Å²) in [6, 6.07) is 26.9. The molecule has 0 fully saturated rings. The lowest BCUT2D eigenvalue weighted by Gasteiger charge is -2.24. The molecule has 0 saturated carbocycles. The molecule has 3 aromatic rings. The molecule has 139 valence electrons. The zero-order chi connectivity index (χ0) is 19.2. The third-order valence-electron chi connectivity index (χ3n) is 4.10. The number of ether oxygens (including phenoxy) is 2. The number of hydrogen-bond donors (Lipinski definition) is 0. The molecular weight excluding hydrogens is 332 g/mol. The van der Waals surface area contributed by atoms with E-state index in [4.69, 9.17) is 9.47 Å². The van der Waals surface area contributed by atoms with Crippen molar-refractivity contribution in [1.82, 2.24) is 0 Å². The van der Waals surface area contributed by atoms with E-state index in [1.807, 2.05) is 30.3 Å². The maximum absolute atomic E-state index is 6.13. The van der Waals surface area contributed by atoms with E-state index in [-0.39, 0.29) is 12.2 Å². The zero-order valence-corrected chi connectivity index (χ0v) is 16.5. The smallest absolute Gasteiger partial charge is 0.124 e. The van der Waals surface area contributed by atoms with Crippen LogP contribution in [0, 0.1) is 5.92 Å². The molecule has 0 atom stereocenters. The van der Waals surface area contributed by atoms with Crippen molar-refractivity contribution >= 4 is 0 Å². The second-order valence-electron chi connectivity index (χ2n) is 7.07. The molecule has 2 heteroatoms. The van der Waals surface area contributed by atoms with Gasteiger partial charge in [0.2, 0.25) is 0 Å². The van der Waals surface area contributed by atoms with Gasteiger partial charge in [-0.15, -0.1) is 0 Å². The van der Waals surface area contributed by atoms with E-state index in [2.05, 4.69) is 76.2 Å². The Bertz CT molecular complexity index is 799. The maximum Gasteiger partial charge on any atom is 0.124 e. The topological polar surface area (TPSA) is 18.5 Å². The number of para-hydroxylation sites is 2. The molecule has 0 aliphatic carbocycles. The van der Waals surface area contributed by atoms with Gasteiger partial charge in [0.1, 0.15) is 11.5 Å². The fourth-order valence-electron chi connectivity index (χ4n) is 3.12. The summed E-state index contributed by atoms with van der Waals surface area (Å²) < 4.78 is 12.3. The largest absolute Gasteiger partial charge is 0.491 e. The monoisotopic (exact) mass is 359 g/mol. The first-order chi connectivity index (χ1) is 13.1. The summed E-state index contributed by atoms with van der Waals surface area (Å²) in [6.45, 7) is 8.20. The summed E-state index contributed by atoms with van der Waals surface area (Å²) in [7, 11) is 0. The summed E-state index contributed by atoms with van der Waals surface area (Å²) in [5, 5.41) is 0. The Morgan fingerprint density at radius 3 is 1.41 bits per heavy atom. The van der Waals surface area contributed by atoms with E-state index in [0.29, 0.717) is 0 Å². The molecule has 27 heavy (non-hydrogen) atoms. The summed E-state index contributed by atoms with van der Waals surface area (Å²) in [5.74, 6) is 2.87. The Kier molecular flexibility index (Phi) is 6.18. The molecule has 3 rings (SSSR count). The van der Waals surface area contributed by atoms with Gasteiger partial charge >= 0.3 is 0 Å². The van der Waals surface area contributed by atoms with Gasteiger partial charge in [0.15, 0.2) is 0 Å². The minimum atomic E-state index is 0.102. The third-order valence-corrected chi connectivity index (χ3v) is 4.10. The van der Waals surface area contributed by atoms with Crippen molar-refractivity contribution < 1.29 is 9.47 Å². The van der Waals surface area contributed by atoms with Crippen LogP contribution < -0.4 is 9.47 Å². The molecule has 3 aromatic carbocycles. The molecule has 0 N–H and O–H groups in total. The van der Waals surface area contributed by atoms with E-state index in [0.717, 1.165) is 34.1 Å². The van der Waals surface area contributed by atoms with Crippen LogP contribution in [-0.2, 0) is 0 Å². The molecule has 0 spiro atoms. The van der Waals surface area contributed by atoms with Crippen LogP contribution in [0.15, 0.2) is 78.9 Å². The minimum absolute atomic E-state index is 0.102. The van der Waals surface area contributed by atoms with Gasteiger partial charge in [0.25, 0.3) is 0 Å². The van der Waals surface area contributed by atoms with Gasteiger partial charge in [0.05, 0.1) is 18.1 Å². The van der Waals surface area contributed by atoms with Crippen LogP contribution in [0.3, 0.4) is 0 Å². The van der Waals surface area contributed by atoms with E-state index in [1.54, 1.807) is 0 Å².